The predicted molar refractivity (Wildman–Crippen MR) is 219 cm³/mol. The van der Waals surface area contributed by atoms with Crippen molar-refractivity contribution in [2.75, 3.05) is 13.2 Å². The fourth-order valence-corrected chi connectivity index (χ4v) is 6.33. The van der Waals surface area contributed by atoms with Crippen LogP contribution < -0.4 is 0 Å². The Bertz CT molecular complexity index is 816. The standard InChI is InChI=1S/C46H84O5/c1-3-5-7-9-11-13-14-15-16-17-18-19-20-21-22-23-24-25-26-27-28-29-30-31-32-33-35-37-39-41-46(49)51-44(42-47)43-50-45(48)40-38-36-34-12-10-8-6-4-2/h14-15,17-18,20-21,44,47H,3-13,16,19,22-43H2,1-2H3/b15-14-,18-17-,21-20-. The molecule has 5 nitrogen and oxygen atoms in total. The summed E-state index contributed by atoms with van der Waals surface area (Å²) in [4.78, 5) is 24.2. The molecular formula is C46H84O5. The molecule has 51 heavy (non-hydrogen) atoms. The molecular weight excluding hydrogens is 633 g/mol. The number of carbonyl (C=O) groups excluding carboxylic acids is 2. The highest BCUT2D eigenvalue weighted by molar-refractivity contribution is 5.70. The van der Waals surface area contributed by atoms with Crippen LogP contribution >= 0.6 is 0 Å². The van der Waals surface area contributed by atoms with Crippen molar-refractivity contribution in [3.05, 3.63) is 36.5 Å². The Kier molecular flexibility index (Phi) is 41.0. The average Bonchev–Trinajstić information content (AvgIpc) is 3.13. The fraction of sp³-hybridized carbons (Fsp3) is 0.826. The molecule has 298 valence electrons. The molecule has 0 aromatic carbocycles. The Morgan fingerprint density at radius 2 is 0.784 bits per heavy atom. The van der Waals surface area contributed by atoms with E-state index in [1.54, 1.807) is 0 Å². The van der Waals surface area contributed by atoms with Crippen LogP contribution in [-0.2, 0) is 19.1 Å². The number of aliphatic hydroxyl groups is 1. The minimum Gasteiger partial charge on any atom is -0.462 e. The molecule has 1 unspecified atom stereocenters. The van der Waals surface area contributed by atoms with E-state index in [1.807, 2.05) is 0 Å². The fourth-order valence-electron chi connectivity index (χ4n) is 6.33. The third-order valence-electron chi connectivity index (χ3n) is 9.69. The van der Waals surface area contributed by atoms with E-state index in [1.165, 1.54) is 148 Å². The quantitative estimate of drug-likeness (QED) is 0.0388. The van der Waals surface area contributed by atoms with E-state index in [0.29, 0.717) is 12.8 Å². The van der Waals surface area contributed by atoms with E-state index in [9.17, 15) is 14.7 Å². The molecule has 0 amide bonds. The van der Waals surface area contributed by atoms with Crippen molar-refractivity contribution in [2.24, 2.45) is 0 Å². The largest absolute Gasteiger partial charge is 0.462 e. The van der Waals surface area contributed by atoms with Crippen LogP contribution in [0, 0.1) is 0 Å². The summed E-state index contributed by atoms with van der Waals surface area (Å²) in [5, 5.41) is 9.53. The molecule has 0 saturated carbocycles. The summed E-state index contributed by atoms with van der Waals surface area (Å²) in [6.45, 7) is 4.10. The molecule has 0 fully saturated rings. The highest BCUT2D eigenvalue weighted by Gasteiger charge is 2.16. The SMILES string of the molecule is CCCCCCC/C=C\C/C=C\C/C=C\CCCCCCCCCCCCCCCCC(=O)OC(CO)COC(=O)CCCCCCCCCC. The molecule has 0 aromatic rings. The Hall–Kier alpha value is -1.88. The molecule has 0 aliphatic carbocycles. The number of aliphatic hydroxyl groups excluding tert-OH is 1. The minimum absolute atomic E-state index is 0.0630. The summed E-state index contributed by atoms with van der Waals surface area (Å²) < 4.78 is 10.6. The van der Waals surface area contributed by atoms with Gasteiger partial charge in [0.15, 0.2) is 6.10 Å². The van der Waals surface area contributed by atoms with Gasteiger partial charge in [-0.25, -0.2) is 0 Å². The normalized spacial score (nSPS) is 12.5. The van der Waals surface area contributed by atoms with Gasteiger partial charge in [0, 0.05) is 12.8 Å². The lowest BCUT2D eigenvalue weighted by atomic mass is 10.0. The number of rotatable bonds is 40. The van der Waals surface area contributed by atoms with Gasteiger partial charge in [-0.1, -0.05) is 198 Å². The van der Waals surface area contributed by atoms with Crippen LogP contribution in [0.3, 0.4) is 0 Å². The molecule has 0 spiro atoms. The van der Waals surface area contributed by atoms with Crippen molar-refractivity contribution in [1.29, 1.82) is 0 Å². The van der Waals surface area contributed by atoms with Gasteiger partial charge < -0.3 is 14.6 Å². The van der Waals surface area contributed by atoms with Gasteiger partial charge >= 0.3 is 11.9 Å². The molecule has 0 bridgehead atoms. The van der Waals surface area contributed by atoms with Crippen LogP contribution in [0.25, 0.3) is 0 Å². The van der Waals surface area contributed by atoms with Crippen LogP contribution in [0.1, 0.15) is 226 Å². The van der Waals surface area contributed by atoms with Crippen molar-refractivity contribution < 1.29 is 24.2 Å². The van der Waals surface area contributed by atoms with Crippen molar-refractivity contribution in [3.63, 3.8) is 0 Å². The number of hydrogen-bond donors (Lipinski definition) is 1. The summed E-state index contributed by atoms with van der Waals surface area (Å²) in [5.41, 5.74) is 0. The van der Waals surface area contributed by atoms with E-state index in [4.69, 9.17) is 9.47 Å². The second-order valence-corrected chi connectivity index (χ2v) is 14.8. The van der Waals surface area contributed by atoms with E-state index in [0.717, 1.165) is 51.4 Å². The third kappa shape index (κ3) is 40.7. The zero-order chi connectivity index (χ0) is 37.1. The second-order valence-electron chi connectivity index (χ2n) is 14.8. The summed E-state index contributed by atoms with van der Waals surface area (Å²) >= 11 is 0. The van der Waals surface area contributed by atoms with Crippen LogP contribution in [0.2, 0.25) is 0 Å². The van der Waals surface area contributed by atoms with Gasteiger partial charge in [-0.3, -0.25) is 9.59 Å². The van der Waals surface area contributed by atoms with Crippen LogP contribution in [0.5, 0.6) is 0 Å². The van der Waals surface area contributed by atoms with Crippen LogP contribution in [0.15, 0.2) is 36.5 Å². The Morgan fingerprint density at radius 3 is 1.18 bits per heavy atom. The van der Waals surface area contributed by atoms with Crippen molar-refractivity contribution in [3.8, 4) is 0 Å². The molecule has 0 aliphatic rings. The summed E-state index contributed by atoms with van der Waals surface area (Å²) in [6, 6.07) is 0. The monoisotopic (exact) mass is 717 g/mol. The molecule has 0 heterocycles. The van der Waals surface area contributed by atoms with E-state index >= 15 is 0 Å². The van der Waals surface area contributed by atoms with Gasteiger partial charge in [0.25, 0.3) is 0 Å². The molecule has 0 rings (SSSR count). The van der Waals surface area contributed by atoms with Crippen LogP contribution in [-0.4, -0.2) is 36.4 Å². The van der Waals surface area contributed by atoms with Gasteiger partial charge in [0.05, 0.1) is 6.61 Å². The summed E-state index contributed by atoms with van der Waals surface area (Å²) in [6.07, 6.45) is 52.4. The molecule has 0 aliphatic heterocycles. The Balaban J connectivity index is 3.45. The maximum atomic E-state index is 12.2. The first-order valence-electron chi connectivity index (χ1n) is 22.0. The number of allylic oxidation sites excluding steroid dienone is 6. The lowest BCUT2D eigenvalue weighted by Crippen LogP contribution is -2.28. The Labute approximate surface area is 316 Å². The maximum Gasteiger partial charge on any atom is 0.306 e. The predicted octanol–water partition coefficient (Wildman–Crippen LogP) is 14.0. The lowest BCUT2D eigenvalue weighted by Gasteiger charge is -2.15. The number of hydrogen-bond acceptors (Lipinski definition) is 5. The summed E-state index contributed by atoms with van der Waals surface area (Å²) in [5.74, 6) is -0.590. The molecule has 1 N–H and O–H groups in total. The smallest absolute Gasteiger partial charge is 0.306 e. The first-order valence-corrected chi connectivity index (χ1v) is 22.0. The minimum atomic E-state index is -0.766. The molecule has 0 radical (unpaired) electrons. The molecule has 0 aromatic heterocycles. The van der Waals surface area contributed by atoms with Crippen molar-refractivity contribution in [2.45, 2.75) is 232 Å². The Morgan fingerprint density at radius 1 is 0.451 bits per heavy atom. The van der Waals surface area contributed by atoms with Gasteiger partial charge in [0.2, 0.25) is 0 Å². The zero-order valence-corrected chi connectivity index (χ0v) is 33.9. The zero-order valence-electron chi connectivity index (χ0n) is 33.9. The van der Waals surface area contributed by atoms with Gasteiger partial charge in [-0.2, -0.15) is 0 Å². The highest BCUT2D eigenvalue weighted by Crippen LogP contribution is 2.15. The van der Waals surface area contributed by atoms with Crippen molar-refractivity contribution in [1.82, 2.24) is 0 Å². The first-order chi connectivity index (χ1) is 25.1. The summed E-state index contributed by atoms with van der Waals surface area (Å²) in [7, 11) is 0. The van der Waals surface area contributed by atoms with Gasteiger partial charge in [0.1, 0.15) is 6.61 Å². The first kappa shape index (κ1) is 49.1. The number of carbonyl (C=O) groups is 2. The number of unbranched alkanes of at least 4 members (excludes halogenated alkanes) is 26. The van der Waals surface area contributed by atoms with E-state index in [-0.39, 0.29) is 25.2 Å². The van der Waals surface area contributed by atoms with Gasteiger partial charge in [-0.05, 0) is 51.4 Å². The molecule has 1 atom stereocenters. The molecule has 5 heteroatoms. The third-order valence-corrected chi connectivity index (χ3v) is 9.69. The highest BCUT2D eigenvalue weighted by atomic mass is 16.6. The number of esters is 2. The van der Waals surface area contributed by atoms with Gasteiger partial charge in [-0.15, -0.1) is 0 Å². The van der Waals surface area contributed by atoms with Crippen molar-refractivity contribution >= 4 is 11.9 Å². The molecule has 0 saturated heterocycles. The van der Waals surface area contributed by atoms with Crippen LogP contribution in [0.4, 0.5) is 0 Å². The number of ether oxygens (including phenoxy) is 2. The lowest BCUT2D eigenvalue weighted by molar-refractivity contribution is -0.161. The second kappa shape index (κ2) is 42.5. The maximum absolute atomic E-state index is 12.2. The topological polar surface area (TPSA) is 72.8 Å². The van der Waals surface area contributed by atoms with E-state index < -0.39 is 6.10 Å². The van der Waals surface area contributed by atoms with E-state index in [2.05, 4.69) is 50.3 Å². The average molecular weight is 717 g/mol.